The van der Waals surface area contributed by atoms with E-state index in [1.54, 1.807) is 6.20 Å². The number of ether oxygens (including phenoxy) is 1. The first-order chi connectivity index (χ1) is 13.1. The molecule has 0 saturated carbocycles. The van der Waals surface area contributed by atoms with E-state index < -0.39 is 0 Å². The van der Waals surface area contributed by atoms with Crippen LogP contribution in [-0.4, -0.2) is 25.0 Å². The summed E-state index contributed by atoms with van der Waals surface area (Å²) >= 11 is 0. The molecule has 0 bridgehead atoms. The second-order valence-electron chi connectivity index (χ2n) is 6.75. The first-order valence-corrected chi connectivity index (χ1v) is 8.89. The molecule has 1 amide bonds. The van der Waals surface area contributed by atoms with Gasteiger partial charge in [0.1, 0.15) is 17.3 Å². The summed E-state index contributed by atoms with van der Waals surface area (Å²) in [6.45, 7) is 0.432. The number of carbonyl (C=O) groups excluding carboxylic acids is 1. The Balaban J connectivity index is 1.57. The van der Waals surface area contributed by atoms with E-state index in [2.05, 4.69) is 10.3 Å². The van der Waals surface area contributed by atoms with Crippen molar-refractivity contribution >= 4 is 11.7 Å². The summed E-state index contributed by atoms with van der Waals surface area (Å²) < 4.78 is 5.96. The zero-order chi connectivity index (χ0) is 18.8. The number of para-hydroxylation sites is 2. The van der Waals surface area contributed by atoms with Crippen LogP contribution in [0.3, 0.4) is 0 Å². The van der Waals surface area contributed by atoms with Crippen LogP contribution in [0.15, 0.2) is 66.9 Å². The van der Waals surface area contributed by atoms with Crippen LogP contribution in [0.5, 0.6) is 11.5 Å². The molecule has 136 valence electrons. The lowest BCUT2D eigenvalue weighted by Crippen LogP contribution is -2.31. The van der Waals surface area contributed by atoms with Gasteiger partial charge >= 0.3 is 0 Å². The first kappa shape index (κ1) is 17.1. The fraction of sp³-hybridized carbons (Fsp3) is 0.182. The van der Waals surface area contributed by atoms with Crippen molar-refractivity contribution in [1.29, 1.82) is 0 Å². The van der Waals surface area contributed by atoms with Crippen LogP contribution in [0.2, 0.25) is 0 Å². The number of anilines is 1. The minimum atomic E-state index is -0.389. The van der Waals surface area contributed by atoms with Crippen molar-refractivity contribution in [2.75, 3.05) is 19.0 Å². The molecule has 0 saturated heterocycles. The summed E-state index contributed by atoms with van der Waals surface area (Å²) in [5, 5.41) is 3.05. The van der Waals surface area contributed by atoms with Gasteiger partial charge in [0.25, 0.3) is 0 Å². The molecule has 1 aromatic heterocycles. The molecule has 5 heteroatoms. The van der Waals surface area contributed by atoms with Gasteiger partial charge in [-0.05, 0) is 23.8 Å². The van der Waals surface area contributed by atoms with Crippen LogP contribution in [0.1, 0.15) is 22.6 Å². The van der Waals surface area contributed by atoms with Crippen molar-refractivity contribution < 1.29 is 9.53 Å². The van der Waals surface area contributed by atoms with E-state index in [-0.39, 0.29) is 11.8 Å². The minimum absolute atomic E-state index is 0.0464. The van der Waals surface area contributed by atoms with Gasteiger partial charge in [0, 0.05) is 38.0 Å². The lowest BCUT2D eigenvalue weighted by Gasteiger charge is -2.27. The topological polar surface area (TPSA) is 54.5 Å². The van der Waals surface area contributed by atoms with Gasteiger partial charge in [-0.1, -0.05) is 42.5 Å². The Bertz CT molecular complexity index is 922. The smallest absolute Gasteiger partial charge is 0.232 e. The highest BCUT2D eigenvalue weighted by molar-refractivity contribution is 5.89. The maximum Gasteiger partial charge on any atom is 0.232 e. The van der Waals surface area contributed by atoms with Gasteiger partial charge in [-0.2, -0.15) is 0 Å². The molecule has 3 aromatic rings. The van der Waals surface area contributed by atoms with Gasteiger partial charge in [-0.15, -0.1) is 0 Å². The largest absolute Gasteiger partial charge is 0.457 e. The summed E-state index contributed by atoms with van der Waals surface area (Å²) in [6.07, 6.45) is 1.79. The molecule has 2 aromatic carbocycles. The molecule has 4 rings (SSSR count). The second kappa shape index (κ2) is 7.11. The maximum atomic E-state index is 13.1. The summed E-state index contributed by atoms with van der Waals surface area (Å²) in [4.78, 5) is 19.4. The van der Waals surface area contributed by atoms with Gasteiger partial charge in [0.15, 0.2) is 0 Å². The fourth-order valence-corrected chi connectivity index (χ4v) is 3.27. The van der Waals surface area contributed by atoms with E-state index in [9.17, 15) is 4.79 Å². The van der Waals surface area contributed by atoms with Crippen molar-refractivity contribution in [2.45, 2.75) is 12.5 Å². The zero-order valence-electron chi connectivity index (χ0n) is 15.3. The molecule has 0 atom stereocenters. The van der Waals surface area contributed by atoms with Crippen LogP contribution >= 0.6 is 0 Å². The van der Waals surface area contributed by atoms with E-state index in [0.29, 0.717) is 6.54 Å². The number of carbonyl (C=O) groups is 1. The number of fused-ring (bicyclic) bond motifs is 2. The number of amides is 1. The van der Waals surface area contributed by atoms with Crippen molar-refractivity contribution in [2.24, 2.45) is 0 Å². The number of pyridine rings is 1. The Morgan fingerprint density at radius 2 is 1.63 bits per heavy atom. The Hall–Kier alpha value is -3.34. The van der Waals surface area contributed by atoms with Crippen LogP contribution < -0.4 is 15.0 Å². The number of nitrogens with zero attached hydrogens (tertiary/aromatic N) is 2. The third kappa shape index (κ3) is 3.36. The van der Waals surface area contributed by atoms with Crippen molar-refractivity contribution in [3.8, 4) is 11.5 Å². The van der Waals surface area contributed by atoms with E-state index >= 15 is 0 Å². The average molecular weight is 359 g/mol. The van der Waals surface area contributed by atoms with E-state index in [0.717, 1.165) is 34.0 Å². The molecule has 0 spiro atoms. The molecule has 1 aliphatic rings. The number of rotatable bonds is 4. The molecule has 0 fully saturated rings. The van der Waals surface area contributed by atoms with Gasteiger partial charge in [-0.3, -0.25) is 4.79 Å². The minimum Gasteiger partial charge on any atom is -0.457 e. The average Bonchev–Trinajstić information content (AvgIpc) is 2.70. The number of benzene rings is 2. The van der Waals surface area contributed by atoms with Crippen LogP contribution in [0.4, 0.5) is 5.82 Å². The highest BCUT2D eigenvalue weighted by Gasteiger charge is 2.32. The van der Waals surface area contributed by atoms with Crippen molar-refractivity contribution in [1.82, 2.24) is 10.3 Å². The second-order valence-corrected chi connectivity index (χ2v) is 6.75. The van der Waals surface area contributed by atoms with Crippen molar-refractivity contribution in [3.63, 3.8) is 0 Å². The number of hydrogen-bond acceptors (Lipinski definition) is 4. The van der Waals surface area contributed by atoms with Gasteiger partial charge in [-0.25, -0.2) is 4.98 Å². The third-order valence-electron chi connectivity index (χ3n) is 4.68. The number of nitrogens with one attached hydrogen (secondary N) is 1. The Morgan fingerprint density at radius 1 is 1.00 bits per heavy atom. The maximum absolute atomic E-state index is 13.1. The van der Waals surface area contributed by atoms with E-state index in [1.807, 2.05) is 79.7 Å². The van der Waals surface area contributed by atoms with Crippen LogP contribution in [0.25, 0.3) is 0 Å². The number of hydrogen-bond donors (Lipinski definition) is 1. The van der Waals surface area contributed by atoms with Gasteiger partial charge in [0.05, 0.1) is 5.92 Å². The zero-order valence-corrected chi connectivity index (χ0v) is 15.3. The quantitative estimate of drug-likeness (QED) is 0.772. The molecule has 27 heavy (non-hydrogen) atoms. The molecule has 0 aliphatic carbocycles. The Morgan fingerprint density at radius 3 is 2.19 bits per heavy atom. The Kier molecular flexibility index (Phi) is 4.50. The lowest BCUT2D eigenvalue weighted by atomic mass is 9.87. The van der Waals surface area contributed by atoms with Gasteiger partial charge < -0.3 is 15.0 Å². The van der Waals surface area contributed by atoms with Crippen molar-refractivity contribution in [3.05, 3.63) is 83.6 Å². The Labute approximate surface area is 158 Å². The lowest BCUT2D eigenvalue weighted by molar-refractivity contribution is -0.122. The standard InChI is InChI=1S/C22H21N3O2/c1-25(2)20-12-11-15(13-23-20)14-24-22(26)21-16-7-3-5-9-18(16)27-19-10-6-4-8-17(19)21/h3-13,21H,14H2,1-2H3,(H,24,26). The SMILES string of the molecule is CN(C)c1ccc(CNC(=O)C2c3ccccc3Oc3ccccc32)cn1. The molecule has 2 heterocycles. The van der Waals surface area contributed by atoms with Gasteiger partial charge in [0.2, 0.25) is 5.91 Å². The molecule has 0 unspecified atom stereocenters. The summed E-state index contributed by atoms with van der Waals surface area (Å²) in [7, 11) is 3.90. The fourth-order valence-electron chi connectivity index (χ4n) is 3.27. The molecule has 1 aliphatic heterocycles. The summed E-state index contributed by atoms with van der Waals surface area (Å²) in [5.41, 5.74) is 2.73. The predicted octanol–water partition coefficient (Wildman–Crippen LogP) is 3.70. The molecular weight excluding hydrogens is 338 g/mol. The highest BCUT2D eigenvalue weighted by atomic mass is 16.5. The molecule has 1 N–H and O–H groups in total. The summed E-state index contributed by atoms with van der Waals surface area (Å²) in [6, 6.07) is 19.3. The number of aromatic nitrogens is 1. The monoisotopic (exact) mass is 359 g/mol. The normalized spacial score (nSPS) is 12.5. The van der Waals surface area contributed by atoms with Crippen LogP contribution in [0, 0.1) is 0 Å². The van der Waals surface area contributed by atoms with E-state index in [4.69, 9.17) is 4.74 Å². The third-order valence-corrected chi connectivity index (χ3v) is 4.68. The molecule has 5 nitrogen and oxygen atoms in total. The predicted molar refractivity (Wildman–Crippen MR) is 105 cm³/mol. The molecule has 0 radical (unpaired) electrons. The van der Waals surface area contributed by atoms with E-state index in [1.165, 1.54) is 0 Å². The summed E-state index contributed by atoms with van der Waals surface area (Å²) in [5.74, 6) is 1.91. The first-order valence-electron chi connectivity index (χ1n) is 8.89. The van der Waals surface area contributed by atoms with Crippen LogP contribution in [-0.2, 0) is 11.3 Å². The molecular formula is C22H21N3O2. The highest BCUT2D eigenvalue weighted by Crippen LogP contribution is 2.43.